The zero-order valence-electron chi connectivity index (χ0n) is 19.4. The third-order valence-electron chi connectivity index (χ3n) is 5.43. The molecule has 10 nitrogen and oxygen atoms in total. The fourth-order valence-corrected chi connectivity index (χ4v) is 3.95. The molecule has 3 rings (SSSR count). The van der Waals surface area contributed by atoms with Crippen LogP contribution in [0.5, 0.6) is 0 Å². The number of likely N-dealkylation sites (tertiary alicyclic amines) is 1. The maximum Gasteiger partial charge on any atom is 0.248 e. The van der Waals surface area contributed by atoms with Crippen molar-refractivity contribution in [3.63, 3.8) is 0 Å². The highest BCUT2D eigenvalue weighted by Crippen LogP contribution is 2.35. The van der Waals surface area contributed by atoms with Gasteiger partial charge in [-0.3, -0.25) is 4.79 Å². The number of hydrogen-bond donors (Lipinski definition) is 2. The van der Waals surface area contributed by atoms with E-state index in [0.717, 1.165) is 18.9 Å². The van der Waals surface area contributed by atoms with E-state index >= 15 is 0 Å². The molecule has 1 aliphatic heterocycles. The van der Waals surface area contributed by atoms with E-state index in [2.05, 4.69) is 20.5 Å². The molecule has 192 valence electrons. The number of benzene rings is 1. The number of methoxy groups -OCH3 is 1. The number of rotatable bonds is 12. The molecule has 2 aromatic rings. The van der Waals surface area contributed by atoms with Gasteiger partial charge in [-0.1, -0.05) is 23.2 Å². The summed E-state index contributed by atoms with van der Waals surface area (Å²) in [5.74, 6) is -0.133. The minimum atomic E-state index is -0.565. The smallest absolute Gasteiger partial charge is 0.248 e. The number of nitrogen functional groups attached to an aromatic ring is 1. The highest BCUT2D eigenvalue weighted by atomic mass is 35.5. The van der Waals surface area contributed by atoms with Gasteiger partial charge >= 0.3 is 0 Å². The lowest BCUT2D eigenvalue weighted by atomic mass is 10.1. The van der Waals surface area contributed by atoms with Gasteiger partial charge in [-0.15, -0.1) is 10.2 Å². The van der Waals surface area contributed by atoms with Gasteiger partial charge in [0.2, 0.25) is 5.91 Å². The number of nitrogens with two attached hydrogens (primary N) is 1. The van der Waals surface area contributed by atoms with E-state index in [9.17, 15) is 9.18 Å². The Kier molecular flexibility index (Phi) is 10.8. The number of hydrogen-bond acceptors (Lipinski definition) is 9. The number of nitrogens with one attached hydrogen (secondary N) is 1. The first-order valence-corrected chi connectivity index (χ1v) is 11.9. The summed E-state index contributed by atoms with van der Waals surface area (Å²) in [6.07, 6.45) is 1.56. The van der Waals surface area contributed by atoms with Crippen molar-refractivity contribution in [3.05, 3.63) is 33.8 Å². The molecule has 1 aromatic carbocycles. The van der Waals surface area contributed by atoms with E-state index < -0.39 is 5.82 Å². The zero-order chi connectivity index (χ0) is 25.2. The molecule has 0 aliphatic carbocycles. The molecule has 0 unspecified atom stereocenters. The van der Waals surface area contributed by atoms with Crippen LogP contribution in [0.25, 0.3) is 11.3 Å². The third kappa shape index (κ3) is 8.19. The summed E-state index contributed by atoms with van der Waals surface area (Å²) in [4.78, 5) is 18.4. The molecule has 0 atom stereocenters. The molecule has 0 spiro atoms. The van der Waals surface area contributed by atoms with Crippen LogP contribution in [-0.2, 0) is 25.5 Å². The quantitative estimate of drug-likeness (QED) is 0.314. The van der Waals surface area contributed by atoms with Crippen LogP contribution in [0.3, 0.4) is 0 Å². The van der Waals surface area contributed by atoms with Crippen LogP contribution in [0, 0.1) is 5.82 Å². The van der Waals surface area contributed by atoms with E-state index in [1.807, 2.05) is 0 Å². The molecule has 1 amide bonds. The molecule has 1 aliphatic rings. The van der Waals surface area contributed by atoms with Gasteiger partial charge in [0.15, 0.2) is 11.6 Å². The number of piperidine rings is 1. The average Bonchev–Trinajstić information content (AvgIpc) is 2.85. The normalized spacial score (nSPS) is 14.5. The standard InChI is InChI=1S/C22H29Cl2FN6O4/c1-33-6-7-34-8-9-35-13-19(32)31-4-2-15(3-5-31)27-12-18-28-22(26)21(30-29-18)16-10-14(25)11-17(23)20(16)24/h10-11,15,27H,2-9,12-13H2,1H3,(H2,26,28,29). The first-order chi connectivity index (χ1) is 16.9. The SMILES string of the molecule is COCCOCCOCC(=O)N1CCC(NCc2nnc(-c3cc(F)cc(Cl)c3Cl)c(N)n2)CC1. The van der Waals surface area contributed by atoms with Crippen molar-refractivity contribution in [2.24, 2.45) is 0 Å². The van der Waals surface area contributed by atoms with Crippen molar-refractivity contribution in [1.82, 2.24) is 25.4 Å². The van der Waals surface area contributed by atoms with Crippen LogP contribution >= 0.6 is 23.2 Å². The lowest BCUT2D eigenvalue weighted by Gasteiger charge is -2.32. The summed E-state index contributed by atoms with van der Waals surface area (Å²) in [7, 11) is 1.61. The van der Waals surface area contributed by atoms with E-state index in [-0.39, 0.29) is 45.7 Å². The lowest BCUT2D eigenvalue weighted by molar-refractivity contribution is -0.137. The van der Waals surface area contributed by atoms with Crippen molar-refractivity contribution in [2.75, 3.05) is 59.0 Å². The number of halogens is 3. The maximum absolute atomic E-state index is 13.7. The van der Waals surface area contributed by atoms with Crippen molar-refractivity contribution in [1.29, 1.82) is 0 Å². The number of amides is 1. The molecule has 1 aromatic heterocycles. The Morgan fingerprint density at radius 2 is 1.89 bits per heavy atom. The predicted molar refractivity (Wildman–Crippen MR) is 130 cm³/mol. The minimum Gasteiger partial charge on any atom is -0.382 e. The zero-order valence-corrected chi connectivity index (χ0v) is 20.9. The Bertz CT molecular complexity index is 995. The lowest BCUT2D eigenvalue weighted by Crippen LogP contribution is -2.46. The van der Waals surface area contributed by atoms with Crippen LogP contribution in [0.15, 0.2) is 12.1 Å². The number of nitrogens with zero attached hydrogens (tertiary/aromatic N) is 4. The second-order valence-corrected chi connectivity index (χ2v) is 8.69. The molecule has 35 heavy (non-hydrogen) atoms. The molecular formula is C22H29Cl2FN6O4. The monoisotopic (exact) mass is 530 g/mol. The summed E-state index contributed by atoms with van der Waals surface area (Å²) < 4.78 is 29.3. The van der Waals surface area contributed by atoms with Gasteiger partial charge in [-0.2, -0.15) is 0 Å². The van der Waals surface area contributed by atoms with Crippen LogP contribution in [0.1, 0.15) is 18.7 Å². The number of carbonyl (C=O) groups excluding carboxylic acids is 1. The highest BCUT2D eigenvalue weighted by molar-refractivity contribution is 6.43. The highest BCUT2D eigenvalue weighted by Gasteiger charge is 2.23. The number of carbonyl (C=O) groups is 1. The van der Waals surface area contributed by atoms with E-state index in [1.54, 1.807) is 12.0 Å². The van der Waals surface area contributed by atoms with Gasteiger partial charge in [0.05, 0.1) is 43.0 Å². The first-order valence-electron chi connectivity index (χ1n) is 11.2. The maximum atomic E-state index is 13.7. The molecule has 0 saturated carbocycles. The Morgan fingerprint density at radius 1 is 1.17 bits per heavy atom. The van der Waals surface area contributed by atoms with E-state index in [0.29, 0.717) is 51.9 Å². The van der Waals surface area contributed by atoms with Crippen molar-refractivity contribution in [3.8, 4) is 11.3 Å². The van der Waals surface area contributed by atoms with Gasteiger partial charge in [-0.25, -0.2) is 9.37 Å². The molecular weight excluding hydrogens is 502 g/mol. The number of anilines is 1. The molecule has 1 fully saturated rings. The fraction of sp³-hybridized carbons (Fsp3) is 0.545. The number of ether oxygens (including phenoxy) is 3. The molecule has 3 N–H and O–H groups in total. The van der Waals surface area contributed by atoms with Gasteiger partial charge in [-0.05, 0) is 25.0 Å². The molecule has 0 radical (unpaired) electrons. The first kappa shape index (κ1) is 27.4. The van der Waals surface area contributed by atoms with Crippen LogP contribution in [0.2, 0.25) is 10.0 Å². The third-order valence-corrected chi connectivity index (χ3v) is 6.23. The van der Waals surface area contributed by atoms with Crippen LogP contribution in [-0.4, -0.2) is 85.3 Å². The van der Waals surface area contributed by atoms with Crippen molar-refractivity contribution >= 4 is 34.9 Å². The fourth-order valence-electron chi connectivity index (χ4n) is 3.55. The minimum absolute atomic E-state index is 0.0349. The molecule has 1 saturated heterocycles. The summed E-state index contributed by atoms with van der Waals surface area (Å²) in [6, 6.07) is 2.48. The van der Waals surface area contributed by atoms with Gasteiger partial charge < -0.3 is 30.2 Å². The second-order valence-electron chi connectivity index (χ2n) is 7.90. The Hall–Kier alpha value is -2.15. The molecule has 0 bridgehead atoms. The van der Waals surface area contributed by atoms with Crippen LogP contribution in [0.4, 0.5) is 10.2 Å². The van der Waals surface area contributed by atoms with E-state index in [4.69, 9.17) is 43.1 Å². The van der Waals surface area contributed by atoms with Gasteiger partial charge in [0.25, 0.3) is 0 Å². The Morgan fingerprint density at radius 3 is 2.60 bits per heavy atom. The van der Waals surface area contributed by atoms with E-state index in [1.165, 1.54) is 6.07 Å². The summed E-state index contributed by atoms with van der Waals surface area (Å²) in [5, 5.41) is 11.7. The van der Waals surface area contributed by atoms with Gasteiger partial charge in [0.1, 0.15) is 18.1 Å². The summed E-state index contributed by atoms with van der Waals surface area (Å²) >= 11 is 12.1. The predicted octanol–water partition coefficient (Wildman–Crippen LogP) is 2.33. The number of aromatic nitrogens is 3. The van der Waals surface area contributed by atoms with Crippen molar-refractivity contribution in [2.45, 2.75) is 25.4 Å². The molecule has 2 heterocycles. The Balaban J connectivity index is 1.41. The summed E-state index contributed by atoms with van der Waals surface area (Å²) in [6.45, 7) is 3.46. The summed E-state index contributed by atoms with van der Waals surface area (Å²) in [5.41, 5.74) is 6.42. The Labute approximate surface area is 213 Å². The van der Waals surface area contributed by atoms with Crippen LogP contribution < -0.4 is 11.1 Å². The second kappa shape index (κ2) is 13.8. The molecule has 13 heteroatoms. The van der Waals surface area contributed by atoms with Crippen molar-refractivity contribution < 1.29 is 23.4 Å². The largest absolute Gasteiger partial charge is 0.382 e. The van der Waals surface area contributed by atoms with Gasteiger partial charge in [0, 0.05) is 31.8 Å². The topological polar surface area (TPSA) is 125 Å². The average molecular weight is 531 g/mol.